The zero-order valence-corrected chi connectivity index (χ0v) is 15.6. The maximum Gasteiger partial charge on any atom is 0.243 e. The number of likely N-dealkylation sites (N-methyl/N-ethyl adjacent to an activating group) is 1. The Hall–Kier alpha value is -1.91. The number of amides is 2. The Morgan fingerprint density at radius 1 is 1.22 bits per heavy atom. The maximum atomic E-state index is 13.0. The molecule has 23 heavy (non-hydrogen) atoms. The minimum atomic E-state index is -0.426. The number of hydrogen-bond donors (Lipinski definition) is 3. The average molecular weight is 437 g/mol. The van der Waals surface area contributed by atoms with Crippen molar-refractivity contribution in [3.8, 4) is 0 Å². The number of carbonyl (C=O) groups excluding carboxylic acids is 2. The summed E-state index contributed by atoms with van der Waals surface area (Å²) in [6.45, 7) is 0.00449. The van der Waals surface area contributed by atoms with Crippen LogP contribution in [0.25, 0.3) is 0 Å². The van der Waals surface area contributed by atoms with Crippen molar-refractivity contribution >= 4 is 47.4 Å². The van der Waals surface area contributed by atoms with Gasteiger partial charge < -0.3 is 20.9 Å². The molecule has 0 radical (unpaired) electrons. The molecule has 1 aromatic carbocycles. The molecule has 0 unspecified atom stereocenters. The molecule has 9 heteroatoms. The van der Waals surface area contributed by atoms with Crippen molar-refractivity contribution in [2.75, 3.05) is 39.5 Å². The number of nitrogens with one attached hydrogen (secondary N) is 3. The summed E-state index contributed by atoms with van der Waals surface area (Å²) in [5.41, 5.74) is 0.373. The molecule has 0 aliphatic heterocycles. The van der Waals surface area contributed by atoms with Crippen molar-refractivity contribution in [1.82, 2.24) is 15.5 Å². The number of carbonyl (C=O) groups is 2. The van der Waals surface area contributed by atoms with Crippen molar-refractivity contribution < 1.29 is 14.0 Å². The van der Waals surface area contributed by atoms with E-state index in [1.54, 1.807) is 20.2 Å². The average Bonchev–Trinajstić information content (AvgIpc) is 2.47. The highest BCUT2D eigenvalue weighted by Crippen LogP contribution is 2.08. The molecule has 0 aliphatic carbocycles. The second kappa shape index (κ2) is 10.8. The summed E-state index contributed by atoms with van der Waals surface area (Å²) in [7, 11) is 4.82. The zero-order chi connectivity index (χ0) is 16.5. The first-order valence-electron chi connectivity index (χ1n) is 6.62. The first-order valence-corrected chi connectivity index (χ1v) is 6.62. The number of nitrogens with zero attached hydrogens (tertiary/aromatic N) is 2. The molecule has 7 nitrogen and oxygen atoms in total. The lowest BCUT2D eigenvalue weighted by Crippen LogP contribution is -2.45. The van der Waals surface area contributed by atoms with E-state index in [-0.39, 0.29) is 48.9 Å². The van der Waals surface area contributed by atoms with Crippen LogP contribution in [0.3, 0.4) is 0 Å². The van der Waals surface area contributed by atoms with Crippen LogP contribution in [0, 0.1) is 5.82 Å². The summed E-state index contributed by atoms with van der Waals surface area (Å²) >= 11 is 0. The summed E-state index contributed by atoms with van der Waals surface area (Å²) in [5.74, 6) is -0.574. The first kappa shape index (κ1) is 21.1. The van der Waals surface area contributed by atoms with Crippen molar-refractivity contribution in [2.24, 2.45) is 4.99 Å². The van der Waals surface area contributed by atoms with Gasteiger partial charge in [0.1, 0.15) is 5.82 Å². The number of anilines is 1. The van der Waals surface area contributed by atoms with Crippen LogP contribution in [0.5, 0.6) is 0 Å². The van der Waals surface area contributed by atoms with Gasteiger partial charge in [0.05, 0.1) is 13.1 Å². The van der Waals surface area contributed by atoms with Gasteiger partial charge in [0.25, 0.3) is 0 Å². The lowest BCUT2D eigenvalue weighted by molar-refractivity contribution is -0.127. The Morgan fingerprint density at radius 3 is 2.43 bits per heavy atom. The molecular formula is C14H21FIN5O2. The third-order valence-corrected chi connectivity index (χ3v) is 2.65. The lowest BCUT2D eigenvalue weighted by atomic mass is 10.3. The number of hydrogen-bond acceptors (Lipinski definition) is 3. The third-order valence-electron chi connectivity index (χ3n) is 2.65. The van der Waals surface area contributed by atoms with Gasteiger partial charge in [0, 0.05) is 26.8 Å². The lowest BCUT2D eigenvalue weighted by Gasteiger charge is -2.14. The van der Waals surface area contributed by atoms with E-state index >= 15 is 0 Å². The fraction of sp³-hybridized carbons (Fsp3) is 0.357. The number of guanidine groups is 1. The van der Waals surface area contributed by atoms with Crippen LogP contribution in [0.15, 0.2) is 29.3 Å². The van der Waals surface area contributed by atoms with E-state index in [2.05, 4.69) is 20.9 Å². The van der Waals surface area contributed by atoms with E-state index in [4.69, 9.17) is 0 Å². The highest BCUT2D eigenvalue weighted by atomic mass is 127. The molecule has 1 rings (SSSR count). The van der Waals surface area contributed by atoms with Gasteiger partial charge in [-0.2, -0.15) is 0 Å². The predicted molar refractivity (Wildman–Crippen MR) is 98.5 cm³/mol. The Morgan fingerprint density at radius 2 is 1.87 bits per heavy atom. The molecule has 0 saturated carbocycles. The van der Waals surface area contributed by atoms with Crippen LogP contribution >= 0.6 is 24.0 Å². The smallest absolute Gasteiger partial charge is 0.243 e. The molecule has 1 aromatic rings. The molecule has 3 N–H and O–H groups in total. The van der Waals surface area contributed by atoms with Gasteiger partial charge in [0.2, 0.25) is 11.8 Å². The largest absolute Gasteiger partial charge is 0.347 e. The summed E-state index contributed by atoms with van der Waals surface area (Å²) in [5, 5.41) is 8.09. The van der Waals surface area contributed by atoms with E-state index in [9.17, 15) is 14.0 Å². The van der Waals surface area contributed by atoms with Gasteiger partial charge in [-0.05, 0) is 18.2 Å². The fourth-order valence-corrected chi connectivity index (χ4v) is 1.47. The Kier molecular flexibility index (Phi) is 9.86. The Balaban J connectivity index is 0.00000484. The standard InChI is InChI=1S/C14H20FN5O2.HI/c1-16-14(18-9-13(22)20(2)3)17-8-12(21)19-11-6-4-5-10(15)7-11;/h4-7H,8-9H2,1-3H3,(H,19,21)(H2,16,17,18);1H. The number of benzene rings is 1. The zero-order valence-electron chi connectivity index (χ0n) is 13.2. The molecule has 0 saturated heterocycles. The Bertz CT molecular complexity index is 566. The van der Waals surface area contributed by atoms with E-state index in [1.165, 1.54) is 30.1 Å². The molecule has 0 spiro atoms. The summed E-state index contributed by atoms with van der Waals surface area (Å²) < 4.78 is 13.0. The van der Waals surface area contributed by atoms with Crippen LogP contribution in [-0.2, 0) is 9.59 Å². The van der Waals surface area contributed by atoms with Crippen LogP contribution in [0.1, 0.15) is 0 Å². The van der Waals surface area contributed by atoms with Crippen molar-refractivity contribution in [3.05, 3.63) is 30.1 Å². The predicted octanol–water partition coefficient (Wildman–Crippen LogP) is 0.635. The van der Waals surface area contributed by atoms with Crippen molar-refractivity contribution in [2.45, 2.75) is 0 Å². The minimum absolute atomic E-state index is 0. The first-order chi connectivity index (χ1) is 10.4. The van der Waals surface area contributed by atoms with Gasteiger partial charge in [-0.1, -0.05) is 6.07 Å². The molecule has 0 aromatic heterocycles. The topological polar surface area (TPSA) is 85.8 Å². The van der Waals surface area contributed by atoms with Crippen molar-refractivity contribution in [1.29, 1.82) is 0 Å². The van der Waals surface area contributed by atoms with Gasteiger partial charge in [-0.3, -0.25) is 14.6 Å². The molecule has 0 atom stereocenters. The summed E-state index contributed by atoms with van der Waals surface area (Å²) in [6, 6.07) is 5.61. The van der Waals surface area contributed by atoms with Gasteiger partial charge in [0.15, 0.2) is 5.96 Å². The van der Waals surface area contributed by atoms with E-state index in [1.807, 2.05) is 0 Å². The summed E-state index contributed by atoms with van der Waals surface area (Å²) in [6.07, 6.45) is 0. The molecule has 0 heterocycles. The molecule has 0 aliphatic rings. The molecule has 2 amide bonds. The van der Waals surface area contributed by atoms with Crippen LogP contribution in [0.2, 0.25) is 0 Å². The van der Waals surface area contributed by atoms with E-state index < -0.39 is 5.82 Å². The van der Waals surface area contributed by atoms with Gasteiger partial charge in [-0.15, -0.1) is 24.0 Å². The second-order valence-electron chi connectivity index (χ2n) is 4.63. The summed E-state index contributed by atoms with van der Waals surface area (Å²) in [4.78, 5) is 28.5. The second-order valence-corrected chi connectivity index (χ2v) is 4.63. The SMILES string of the molecule is CN=C(NCC(=O)Nc1cccc(F)c1)NCC(=O)N(C)C.I. The highest BCUT2D eigenvalue weighted by Gasteiger charge is 2.07. The quantitative estimate of drug-likeness (QED) is 0.359. The normalized spacial score (nSPS) is 10.3. The monoisotopic (exact) mass is 437 g/mol. The molecule has 128 valence electrons. The number of rotatable bonds is 5. The molecule has 0 bridgehead atoms. The number of halogens is 2. The van der Waals surface area contributed by atoms with Gasteiger partial charge >= 0.3 is 0 Å². The van der Waals surface area contributed by atoms with Crippen LogP contribution in [0.4, 0.5) is 10.1 Å². The molecular weight excluding hydrogens is 416 g/mol. The van der Waals surface area contributed by atoms with Crippen molar-refractivity contribution in [3.63, 3.8) is 0 Å². The van der Waals surface area contributed by atoms with Gasteiger partial charge in [-0.25, -0.2) is 4.39 Å². The minimum Gasteiger partial charge on any atom is -0.347 e. The van der Waals surface area contributed by atoms with E-state index in [0.717, 1.165) is 0 Å². The Labute approximate surface area is 151 Å². The fourth-order valence-electron chi connectivity index (χ4n) is 1.47. The highest BCUT2D eigenvalue weighted by molar-refractivity contribution is 14.0. The molecule has 0 fully saturated rings. The van der Waals surface area contributed by atoms with Crippen LogP contribution < -0.4 is 16.0 Å². The maximum absolute atomic E-state index is 13.0. The van der Waals surface area contributed by atoms with Crippen LogP contribution in [-0.4, -0.2) is 56.9 Å². The number of aliphatic imine (C=N–C) groups is 1. The van der Waals surface area contributed by atoms with E-state index in [0.29, 0.717) is 11.6 Å². The third kappa shape index (κ3) is 8.33.